The van der Waals surface area contributed by atoms with Crippen molar-refractivity contribution in [2.24, 2.45) is 16.5 Å². The Kier molecular flexibility index (Phi) is 3.57. The van der Waals surface area contributed by atoms with Crippen molar-refractivity contribution in [3.8, 4) is 0 Å². The molecule has 0 radical (unpaired) electrons. The van der Waals surface area contributed by atoms with Crippen LogP contribution in [0.15, 0.2) is 5.16 Å². The molecule has 0 bridgehead atoms. The molecule has 0 amide bonds. The Morgan fingerprint density at radius 1 is 1.25 bits per heavy atom. The van der Waals surface area contributed by atoms with Crippen LogP contribution in [-0.4, -0.2) is 31.8 Å². The quantitative estimate of drug-likeness (QED) is 0.848. The number of hydrogen-bond donors (Lipinski definition) is 1. The highest BCUT2D eigenvalue weighted by Crippen LogP contribution is 2.40. The molecule has 0 aromatic rings. The van der Waals surface area contributed by atoms with Crippen molar-refractivity contribution in [3.63, 3.8) is 0 Å². The average molecular weight is 314 g/mol. The number of alkyl halides is 3. The Balaban J connectivity index is 2.11. The molecule has 0 unspecified atom stereocenters. The molecular weight excluding hydrogens is 297 g/mol. The van der Waals surface area contributed by atoms with Gasteiger partial charge in [0.2, 0.25) is 0 Å². The first-order chi connectivity index (χ1) is 8.93. The highest BCUT2D eigenvalue weighted by molar-refractivity contribution is 7.90. The minimum absolute atomic E-state index is 0.129. The van der Waals surface area contributed by atoms with Crippen molar-refractivity contribution in [1.29, 1.82) is 0 Å². The van der Waals surface area contributed by atoms with Crippen LogP contribution in [-0.2, 0) is 14.9 Å². The van der Waals surface area contributed by atoms with E-state index in [0.29, 0.717) is 12.8 Å². The van der Waals surface area contributed by atoms with Gasteiger partial charge in [-0.15, -0.1) is 0 Å². The van der Waals surface area contributed by atoms with E-state index in [2.05, 4.69) is 5.16 Å². The second-order valence-corrected chi connectivity index (χ2v) is 7.86. The van der Waals surface area contributed by atoms with Crippen molar-refractivity contribution >= 4 is 15.7 Å². The van der Waals surface area contributed by atoms with E-state index >= 15 is 0 Å². The zero-order chi connectivity index (χ0) is 15.3. The Bertz CT molecular complexity index is 522. The largest absolute Gasteiger partial charge is 0.511 e. The number of sulfonamides is 1. The number of rotatable bonds is 2. The Labute approximate surface area is 115 Å². The third kappa shape index (κ3) is 2.65. The summed E-state index contributed by atoms with van der Waals surface area (Å²) in [6.07, 6.45) is 0.215. The molecule has 1 heterocycles. The number of nitrogens with one attached hydrogen (secondary N) is 1. The molecule has 3 atom stereocenters. The molecule has 0 aromatic heterocycles. The molecule has 2 rings (SSSR count). The maximum absolute atomic E-state index is 12.4. The minimum Gasteiger partial charge on any atom is -0.390 e. The van der Waals surface area contributed by atoms with Crippen LogP contribution in [0, 0.1) is 11.3 Å². The number of hydrogen-bond acceptors (Lipinski definition) is 4. The van der Waals surface area contributed by atoms with E-state index < -0.39 is 27.7 Å². The van der Waals surface area contributed by atoms with Crippen molar-refractivity contribution in [3.05, 3.63) is 0 Å². The predicted molar refractivity (Wildman–Crippen MR) is 66.4 cm³/mol. The van der Waals surface area contributed by atoms with Gasteiger partial charge in [-0.3, -0.25) is 0 Å². The normalized spacial score (nSPS) is 30.9. The molecular formula is C11H17F3N2O3S. The monoisotopic (exact) mass is 314 g/mol. The van der Waals surface area contributed by atoms with Crippen molar-refractivity contribution in [1.82, 2.24) is 4.72 Å². The van der Waals surface area contributed by atoms with Crippen molar-refractivity contribution in [2.75, 3.05) is 0 Å². The lowest BCUT2D eigenvalue weighted by Crippen LogP contribution is -2.47. The molecule has 1 aliphatic carbocycles. The van der Waals surface area contributed by atoms with Gasteiger partial charge < -0.3 is 4.84 Å². The molecule has 0 spiro atoms. The fourth-order valence-corrected chi connectivity index (χ4v) is 3.46. The standard InChI is InChI=1S/C11H17F3N2O3S/c1-10(2,3)9-6-4-5-7(8(6)19-15-9)16-20(17,18)11(12,13)14/h6-8,16H,4-5H2,1-3H3/t6-,7+,8-/m1/s1. The van der Waals surface area contributed by atoms with Crippen LogP contribution < -0.4 is 4.72 Å². The van der Waals surface area contributed by atoms with E-state index in [-0.39, 0.29) is 11.3 Å². The van der Waals surface area contributed by atoms with Crippen LogP contribution in [0.2, 0.25) is 0 Å². The molecule has 20 heavy (non-hydrogen) atoms. The maximum atomic E-state index is 12.4. The number of fused-ring (bicyclic) bond motifs is 1. The zero-order valence-corrected chi connectivity index (χ0v) is 12.2. The van der Waals surface area contributed by atoms with Gasteiger partial charge in [0.15, 0.2) is 6.10 Å². The van der Waals surface area contributed by atoms with Crippen LogP contribution in [0.1, 0.15) is 33.6 Å². The lowest BCUT2D eigenvalue weighted by atomic mass is 9.81. The number of oxime groups is 1. The molecule has 0 aromatic carbocycles. The van der Waals surface area contributed by atoms with Crippen molar-refractivity contribution in [2.45, 2.75) is 51.3 Å². The first-order valence-electron chi connectivity index (χ1n) is 6.26. The van der Waals surface area contributed by atoms with E-state index in [1.807, 2.05) is 20.8 Å². The van der Waals surface area contributed by atoms with Crippen LogP contribution in [0.5, 0.6) is 0 Å². The second-order valence-electron chi connectivity index (χ2n) is 6.15. The average Bonchev–Trinajstić information content (AvgIpc) is 2.77. The highest BCUT2D eigenvalue weighted by Gasteiger charge is 2.53. The van der Waals surface area contributed by atoms with Crippen LogP contribution in [0.3, 0.4) is 0 Å². The second kappa shape index (κ2) is 4.59. The first-order valence-corrected chi connectivity index (χ1v) is 7.74. The minimum atomic E-state index is -5.35. The Morgan fingerprint density at radius 3 is 2.35 bits per heavy atom. The summed E-state index contributed by atoms with van der Waals surface area (Å²) in [5, 5.41) is 3.93. The third-order valence-corrected chi connectivity index (χ3v) is 4.81. The van der Waals surface area contributed by atoms with Crippen LogP contribution in [0.4, 0.5) is 13.2 Å². The van der Waals surface area contributed by atoms with Gasteiger partial charge in [0.1, 0.15) is 0 Å². The first kappa shape index (κ1) is 15.6. The summed E-state index contributed by atoms with van der Waals surface area (Å²) >= 11 is 0. The SMILES string of the molecule is CC(C)(C)C1=NO[C@H]2[C@@H](NS(=O)(=O)C(F)(F)F)CC[C@@H]12. The lowest BCUT2D eigenvalue weighted by Gasteiger charge is -2.22. The zero-order valence-electron chi connectivity index (χ0n) is 11.4. The third-order valence-electron chi connectivity index (χ3n) is 3.59. The molecule has 5 nitrogen and oxygen atoms in total. The topological polar surface area (TPSA) is 67.8 Å². The van der Waals surface area contributed by atoms with Crippen molar-refractivity contribution < 1.29 is 26.4 Å². The number of nitrogens with zero attached hydrogens (tertiary/aromatic N) is 1. The summed E-state index contributed by atoms with van der Waals surface area (Å²) in [7, 11) is -5.35. The van der Waals surface area contributed by atoms with Gasteiger partial charge in [-0.25, -0.2) is 13.1 Å². The Morgan fingerprint density at radius 2 is 1.85 bits per heavy atom. The van der Waals surface area contributed by atoms with E-state index in [0.717, 1.165) is 5.71 Å². The van der Waals surface area contributed by atoms with Gasteiger partial charge in [-0.1, -0.05) is 25.9 Å². The summed E-state index contributed by atoms with van der Waals surface area (Å²) in [5.74, 6) is -0.129. The maximum Gasteiger partial charge on any atom is 0.511 e. The summed E-state index contributed by atoms with van der Waals surface area (Å²) in [5.41, 5.74) is -4.79. The molecule has 1 N–H and O–H groups in total. The smallest absolute Gasteiger partial charge is 0.390 e. The van der Waals surface area contributed by atoms with E-state index in [1.165, 1.54) is 0 Å². The lowest BCUT2D eigenvalue weighted by molar-refractivity contribution is -0.0457. The van der Waals surface area contributed by atoms with E-state index in [4.69, 9.17) is 4.84 Å². The van der Waals surface area contributed by atoms with Gasteiger partial charge in [-0.05, 0) is 12.8 Å². The Hall–Kier alpha value is -0.830. The molecule has 1 fully saturated rings. The van der Waals surface area contributed by atoms with Crippen LogP contribution >= 0.6 is 0 Å². The molecule has 1 aliphatic heterocycles. The van der Waals surface area contributed by atoms with Gasteiger partial charge in [-0.2, -0.15) is 13.2 Å². The fraction of sp³-hybridized carbons (Fsp3) is 0.909. The van der Waals surface area contributed by atoms with Gasteiger partial charge in [0, 0.05) is 11.3 Å². The highest BCUT2D eigenvalue weighted by atomic mass is 32.2. The van der Waals surface area contributed by atoms with Crippen LogP contribution in [0.25, 0.3) is 0 Å². The molecule has 1 saturated carbocycles. The summed E-state index contributed by atoms with van der Waals surface area (Å²) in [6, 6.07) is -0.893. The van der Waals surface area contributed by atoms with Gasteiger partial charge in [0.25, 0.3) is 0 Å². The molecule has 0 saturated heterocycles. The van der Waals surface area contributed by atoms with E-state index in [1.54, 1.807) is 4.72 Å². The molecule has 2 aliphatic rings. The fourth-order valence-electron chi connectivity index (χ4n) is 2.68. The molecule has 9 heteroatoms. The van der Waals surface area contributed by atoms with Gasteiger partial charge in [0.05, 0.1) is 11.8 Å². The van der Waals surface area contributed by atoms with Gasteiger partial charge >= 0.3 is 15.5 Å². The summed E-state index contributed by atoms with van der Waals surface area (Å²) < 4.78 is 61.1. The summed E-state index contributed by atoms with van der Waals surface area (Å²) in [6.45, 7) is 5.81. The number of halogens is 3. The summed E-state index contributed by atoms with van der Waals surface area (Å²) in [4.78, 5) is 5.18. The molecule has 116 valence electrons. The van der Waals surface area contributed by atoms with E-state index in [9.17, 15) is 21.6 Å². The predicted octanol–water partition coefficient (Wildman–Crippen LogP) is 2.01.